The molecule has 2 N–H and O–H groups in total. The molecule has 0 saturated heterocycles. The number of amides is 2. The molecular weight excluding hydrogens is 206 g/mol. The number of carbonyl (C=O) groups is 1. The number of nitrogens with zero attached hydrogens (tertiary/aromatic N) is 2. The minimum Gasteiger partial charge on any atom is -0.463 e. The fraction of sp³-hybridized carbons (Fsp3) is 0.273. The largest absolute Gasteiger partial charge is 0.463 e. The summed E-state index contributed by atoms with van der Waals surface area (Å²) < 4.78 is 5.29. The molecule has 0 saturated carbocycles. The lowest BCUT2D eigenvalue weighted by molar-refractivity contribution is 0.224. The summed E-state index contributed by atoms with van der Waals surface area (Å²) in [5, 5.41) is 5.27. The van der Waals surface area contributed by atoms with E-state index in [9.17, 15) is 4.79 Å². The maximum Gasteiger partial charge on any atom is 0.339 e. The van der Waals surface area contributed by atoms with E-state index < -0.39 is 6.03 Å². The van der Waals surface area contributed by atoms with Crippen LogP contribution in [0.3, 0.4) is 0 Å². The molecule has 2 amide bonds. The highest BCUT2D eigenvalue weighted by Crippen LogP contribution is 2.28. The fourth-order valence-electron chi connectivity index (χ4n) is 1.51. The topological polar surface area (TPSA) is 71.8 Å². The second kappa shape index (κ2) is 3.52. The van der Waals surface area contributed by atoms with Crippen LogP contribution >= 0.6 is 0 Å². The summed E-state index contributed by atoms with van der Waals surface area (Å²) >= 11 is 0. The first kappa shape index (κ1) is 10.5. The smallest absolute Gasteiger partial charge is 0.339 e. The molecular formula is C11H13N3O2. The first-order valence-corrected chi connectivity index (χ1v) is 4.92. The Morgan fingerprint density at radius 1 is 1.56 bits per heavy atom. The normalized spacial score (nSPS) is 18.4. The Bertz CT molecular complexity index is 458. The highest BCUT2D eigenvalue weighted by atomic mass is 16.3. The molecule has 0 aliphatic carbocycles. The molecule has 0 fully saturated rings. The molecule has 0 radical (unpaired) electrons. The summed E-state index contributed by atoms with van der Waals surface area (Å²) in [5.41, 5.74) is 5.56. The Morgan fingerprint density at radius 2 is 2.31 bits per heavy atom. The quantitative estimate of drug-likeness (QED) is 0.783. The molecule has 0 bridgehead atoms. The second-order valence-corrected chi connectivity index (χ2v) is 4.15. The van der Waals surface area contributed by atoms with Crippen molar-refractivity contribution in [1.82, 2.24) is 5.01 Å². The van der Waals surface area contributed by atoms with Crippen LogP contribution in [0.1, 0.15) is 19.6 Å². The maximum absolute atomic E-state index is 11.0. The lowest BCUT2D eigenvalue weighted by Crippen LogP contribution is -2.35. The SMILES string of the molecule is CC1(C)C=CN(C(N)=O)N=C1c1ccco1. The van der Waals surface area contributed by atoms with Gasteiger partial charge in [0.15, 0.2) is 5.76 Å². The van der Waals surface area contributed by atoms with Gasteiger partial charge in [-0.05, 0) is 12.1 Å². The third-order valence-corrected chi connectivity index (χ3v) is 2.43. The lowest BCUT2D eigenvalue weighted by atomic mass is 9.85. The van der Waals surface area contributed by atoms with Crippen LogP contribution < -0.4 is 5.73 Å². The number of primary amides is 1. The molecule has 1 aromatic rings. The molecule has 0 spiro atoms. The number of allylic oxidation sites excluding steroid dienone is 1. The Morgan fingerprint density at radius 3 is 2.88 bits per heavy atom. The van der Waals surface area contributed by atoms with Gasteiger partial charge in [-0.3, -0.25) is 0 Å². The van der Waals surface area contributed by atoms with Crippen LogP contribution in [0.4, 0.5) is 4.79 Å². The van der Waals surface area contributed by atoms with E-state index in [1.54, 1.807) is 24.6 Å². The number of urea groups is 1. The summed E-state index contributed by atoms with van der Waals surface area (Å²) in [6.07, 6.45) is 5.00. The van der Waals surface area contributed by atoms with Crippen LogP contribution in [0.15, 0.2) is 40.2 Å². The summed E-state index contributed by atoms with van der Waals surface area (Å²) in [6.45, 7) is 3.98. The number of furan rings is 1. The van der Waals surface area contributed by atoms with Crippen molar-refractivity contribution in [2.75, 3.05) is 0 Å². The Balaban J connectivity index is 2.43. The van der Waals surface area contributed by atoms with Crippen LogP contribution in [0.25, 0.3) is 0 Å². The number of hydrogen-bond acceptors (Lipinski definition) is 3. The number of carbonyl (C=O) groups excluding carboxylic acids is 1. The van der Waals surface area contributed by atoms with Gasteiger partial charge in [0.2, 0.25) is 0 Å². The van der Waals surface area contributed by atoms with E-state index in [0.29, 0.717) is 11.5 Å². The van der Waals surface area contributed by atoms with Gasteiger partial charge < -0.3 is 10.2 Å². The van der Waals surface area contributed by atoms with Gasteiger partial charge in [0.05, 0.1) is 6.26 Å². The van der Waals surface area contributed by atoms with E-state index in [1.807, 2.05) is 19.9 Å². The minimum atomic E-state index is -0.615. The van der Waals surface area contributed by atoms with E-state index in [1.165, 1.54) is 0 Å². The number of rotatable bonds is 1. The van der Waals surface area contributed by atoms with Gasteiger partial charge in [-0.1, -0.05) is 19.9 Å². The average Bonchev–Trinajstić information content (AvgIpc) is 2.69. The van der Waals surface area contributed by atoms with E-state index in [0.717, 1.165) is 5.01 Å². The van der Waals surface area contributed by atoms with Crippen molar-refractivity contribution in [3.8, 4) is 0 Å². The van der Waals surface area contributed by atoms with Crippen LogP contribution in [-0.2, 0) is 0 Å². The van der Waals surface area contributed by atoms with Crippen molar-refractivity contribution in [3.05, 3.63) is 36.4 Å². The molecule has 1 aliphatic rings. The third-order valence-electron chi connectivity index (χ3n) is 2.43. The standard InChI is InChI=1S/C11H13N3O2/c1-11(2)5-6-14(10(12)15)13-9(11)8-4-3-7-16-8/h3-7H,1-2H3,(H2,12,15). The molecule has 1 aliphatic heterocycles. The maximum atomic E-state index is 11.0. The zero-order valence-corrected chi connectivity index (χ0v) is 9.18. The summed E-state index contributed by atoms with van der Waals surface area (Å²) in [7, 11) is 0. The zero-order valence-electron chi connectivity index (χ0n) is 9.18. The Labute approximate surface area is 93.2 Å². The van der Waals surface area contributed by atoms with Crippen molar-refractivity contribution < 1.29 is 9.21 Å². The molecule has 0 atom stereocenters. The summed E-state index contributed by atoms with van der Waals surface area (Å²) in [5.74, 6) is 0.639. The number of hydrazone groups is 1. The van der Waals surface area contributed by atoms with Gasteiger partial charge in [0, 0.05) is 11.6 Å². The van der Waals surface area contributed by atoms with Crippen molar-refractivity contribution in [2.24, 2.45) is 16.3 Å². The van der Waals surface area contributed by atoms with Crippen molar-refractivity contribution in [2.45, 2.75) is 13.8 Å². The van der Waals surface area contributed by atoms with Crippen LogP contribution in [-0.4, -0.2) is 16.8 Å². The fourth-order valence-corrected chi connectivity index (χ4v) is 1.51. The average molecular weight is 219 g/mol. The van der Waals surface area contributed by atoms with Gasteiger partial charge in [-0.15, -0.1) is 0 Å². The van der Waals surface area contributed by atoms with Crippen molar-refractivity contribution in [3.63, 3.8) is 0 Å². The molecule has 1 aromatic heterocycles. The Hall–Kier alpha value is -2.04. The van der Waals surface area contributed by atoms with Crippen molar-refractivity contribution in [1.29, 1.82) is 0 Å². The lowest BCUT2D eigenvalue weighted by Gasteiger charge is -2.27. The van der Waals surface area contributed by atoms with E-state index in [-0.39, 0.29) is 5.41 Å². The van der Waals surface area contributed by atoms with Gasteiger partial charge in [-0.2, -0.15) is 10.1 Å². The van der Waals surface area contributed by atoms with Gasteiger partial charge >= 0.3 is 6.03 Å². The highest BCUT2D eigenvalue weighted by molar-refractivity contribution is 6.04. The van der Waals surface area contributed by atoms with Crippen molar-refractivity contribution >= 4 is 11.7 Å². The molecule has 5 nitrogen and oxygen atoms in total. The molecule has 5 heteroatoms. The predicted octanol–water partition coefficient (Wildman–Crippen LogP) is 1.92. The van der Waals surface area contributed by atoms with Gasteiger partial charge in [-0.25, -0.2) is 4.79 Å². The number of hydrogen-bond donors (Lipinski definition) is 1. The second-order valence-electron chi connectivity index (χ2n) is 4.15. The zero-order chi connectivity index (χ0) is 11.8. The van der Waals surface area contributed by atoms with Crippen LogP contribution in [0, 0.1) is 5.41 Å². The van der Waals surface area contributed by atoms with E-state index >= 15 is 0 Å². The first-order valence-electron chi connectivity index (χ1n) is 4.92. The third kappa shape index (κ3) is 1.71. The summed E-state index contributed by atoms with van der Waals surface area (Å²) in [6, 6.07) is 2.97. The molecule has 2 rings (SSSR count). The predicted molar refractivity (Wildman–Crippen MR) is 59.6 cm³/mol. The molecule has 0 aromatic carbocycles. The molecule has 2 heterocycles. The molecule has 16 heavy (non-hydrogen) atoms. The van der Waals surface area contributed by atoms with E-state index in [4.69, 9.17) is 10.2 Å². The van der Waals surface area contributed by atoms with E-state index in [2.05, 4.69) is 5.10 Å². The van der Waals surface area contributed by atoms with Gasteiger partial charge in [0.1, 0.15) is 5.71 Å². The van der Waals surface area contributed by atoms with Gasteiger partial charge in [0.25, 0.3) is 0 Å². The Kier molecular flexibility index (Phi) is 2.30. The summed E-state index contributed by atoms with van der Waals surface area (Å²) in [4.78, 5) is 11.0. The number of nitrogens with two attached hydrogens (primary N) is 1. The first-order chi connectivity index (χ1) is 7.50. The van der Waals surface area contributed by atoms with Crippen LogP contribution in [0.2, 0.25) is 0 Å². The molecule has 84 valence electrons. The monoisotopic (exact) mass is 219 g/mol. The molecule has 0 unspecified atom stereocenters. The van der Waals surface area contributed by atoms with Crippen LogP contribution in [0.5, 0.6) is 0 Å². The highest BCUT2D eigenvalue weighted by Gasteiger charge is 2.30. The minimum absolute atomic E-state index is 0.288.